The fourth-order valence-electron chi connectivity index (χ4n) is 4.60. The summed E-state index contributed by atoms with van der Waals surface area (Å²) in [6.07, 6.45) is 17.7. The van der Waals surface area contributed by atoms with Gasteiger partial charge in [0.1, 0.15) is 12.2 Å². The van der Waals surface area contributed by atoms with Crippen LogP contribution in [0, 0.1) is 5.41 Å². The van der Waals surface area contributed by atoms with Crippen molar-refractivity contribution in [1.29, 1.82) is 0 Å². The number of unbranched alkanes of at least 4 members (excludes halogenated alkanes) is 1. The number of nitrogens with zero attached hydrogens (tertiary/aromatic N) is 1. The Morgan fingerprint density at radius 2 is 1.59 bits per heavy atom. The minimum atomic E-state index is 0.0748. The van der Waals surface area contributed by atoms with Gasteiger partial charge in [-0.15, -0.1) is 0 Å². The van der Waals surface area contributed by atoms with E-state index in [1.807, 2.05) is 0 Å². The van der Waals surface area contributed by atoms with E-state index in [4.69, 9.17) is 4.74 Å². The maximum atomic E-state index is 6.62. The van der Waals surface area contributed by atoms with Gasteiger partial charge >= 0.3 is 0 Å². The van der Waals surface area contributed by atoms with E-state index in [-0.39, 0.29) is 29.7 Å². The van der Waals surface area contributed by atoms with Crippen molar-refractivity contribution >= 4 is 5.69 Å². The number of hydrogen-bond donors (Lipinski definition) is 0. The highest BCUT2D eigenvalue weighted by molar-refractivity contribution is 5.56. The number of ether oxygens (including phenoxy) is 1. The first-order valence-electron chi connectivity index (χ1n) is 11.2. The maximum Gasteiger partial charge on any atom is 0.101 e. The molecule has 2 heteroatoms. The Balaban J connectivity index is 1.68. The lowest BCUT2D eigenvalue weighted by molar-refractivity contribution is -0.00697. The fourth-order valence-corrected chi connectivity index (χ4v) is 4.60. The second-order valence-corrected chi connectivity index (χ2v) is 9.72. The van der Waals surface area contributed by atoms with Gasteiger partial charge in [0.25, 0.3) is 0 Å². The molecule has 1 heterocycles. The Bertz CT molecular complexity index is 850. The molecule has 0 spiro atoms. The highest BCUT2D eigenvalue weighted by Crippen LogP contribution is 2.39. The number of aryl methyl sites for hydroxylation is 1. The molecule has 1 aromatic carbocycles. The van der Waals surface area contributed by atoms with Gasteiger partial charge in [0.05, 0.1) is 12.1 Å². The van der Waals surface area contributed by atoms with Crippen molar-refractivity contribution in [3.8, 4) is 0 Å². The third-order valence-electron chi connectivity index (χ3n) is 6.35. The Morgan fingerprint density at radius 1 is 0.931 bits per heavy atom. The zero-order valence-corrected chi connectivity index (χ0v) is 18.6. The Morgan fingerprint density at radius 3 is 2.24 bits per heavy atom. The fraction of sp³-hybridized carbons (Fsp3) is 0.481. The molecule has 0 amide bonds. The standard InChI is InChI=1S/C27H35NO/c1-6-7-8-20-10-13-22(14-11-20)28-23-15-9-19(2)17-25(23)29-26-18-21(27(3,4)5)12-16-24(26)28/h9-18,23-26H,6-8H2,1-5H3. The molecule has 4 atom stereocenters. The average Bonchev–Trinajstić information content (AvgIpc) is 2.69. The van der Waals surface area contributed by atoms with E-state index in [1.54, 1.807) is 0 Å². The van der Waals surface area contributed by atoms with E-state index in [2.05, 4.69) is 100 Å². The minimum absolute atomic E-state index is 0.0748. The predicted molar refractivity (Wildman–Crippen MR) is 123 cm³/mol. The van der Waals surface area contributed by atoms with Crippen LogP contribution in [0.4, 0.5) is 5.69 Å². The molecule has 2 nitrogen and oxygen atoms in total. The Kier molecular flexibility index (Phi) is 5.57. The SMILES string of the molecule is CCCCc1ccc(N2C3C=CC(C)=CC3OC3C=C(C(C)(C)C)C=CC32)cc1. The van der Waals surface area contributed by atoms with Gasteiger partial charge in [-0.25, -0.2) is 0 Å². The van der Waals surface area contributed by atoms with E-state index >= 15 is 0 Å². The summed E-state index contributed by atoms with van der Waals surface area (Å²) in [5.41, 5.74) is 5.49. The van der Waals surface area contributed by atoms with Crippen molar-refractivity contribution in [2.75, 3.05) is 4.90 Å². The first-order valence-corrected chi connectivity index (χ1v) is 11.2. The van der Waals surface area contributed by atoms with Crippen LogP contribution in [0.2, 0.25) is 0 Å². The van der Waals surface area contributed by atoms with Gasteiger partial charge in [-0.05, 0) is 54.5 Å². The van der Waals surface area contributed by atoms with Gasteiger partial charge in [-0.1, -0.05) is 82.2 Å². The number of benzene rings is 1. The molecule has 2 aliphatic carbocycles. The molecule has 1 aliphatic heterocycles. The molecule has 0 radical (unpaired) electrons. The van der Waals surface area contributed by atoms with Crippen molar-refractivity contribution < 1.29 is 4.74 Å². The van der Waals surface area contributed by atoms with Gasteiger partial charge in [-0.2, -0.15) is 0 Å². The number of allylic oxidation sites excluding steroid dienone is 4. The normalized spacial score (nSPS) is 28.5. The van der Waals surface area contributed by atoms with Crippen LogP contribution in [0.5, 0.6) is 0 Å². The predicted octanol–water partition coefficient (Wildman–Crippen LogP) is 6.40. The van der Waals surface area contributed by atoms with Crippen LogP contribution in [0.3, 0.4) is 0 Å². The third-order valence-corrected chi connectivity index (χ3v) is 6.35. The van der Waals surface area contributed by atoms with Crippen LogP contribution in [0.1, 0.15) is 53.0 Å². The Labute approximate surface area is 176 Å². The third kappa shape index (κ3) is 4.14. The maximum absolute atomic E-state index is 6.62. The molecule has 4 unspecified atom stereocenters. The molecule has 1 fully saturated rings. The summed E-state index contributed by atoms with van der Waals surface area (Å²) < 4.78 is 6.62. The molecule has 0 aromatic heterocycles. The number of anilines is 1. The average molecular weight is 390 g/mol. The van der Waals surface area contributed by atoms with Crippen molar-refractivity contribution in [2.24, 2.45) is 5.41 Å². The smallest absolute Gasteiger partial charge is 0.101 e. The molecule has 29 heavy (non-hydrogen) atoms. The van der Waals surface area contributed by atoms with Crippen LogP contribution in [-0.4, -0.2) is 24.3 Å². The molecule has 1 aromatic rings. The van der Waals surface area contributed by atoms with Gasteiger partial charge in [0, 0.05) is 5.69 Å². The zero-order valence-electron chi connectivity index (χ0n) is 18.6. The van der Waals surface area contributed by atoms with E-state index in [1.165, 1.54) is 35.2 Å². The molecule has 0 bridgehead atoms. The minimum Gasteiger partial charge on any atom is -0.362 e. The van der Waals surface area contributed by atoms with Crippen LogP contribution in [0.25, 0.3) is 0 Å². The van der Waals surface area contributed by atoms with Crippen LogP contribution < -0.4 is 4.90 Å². The molecule has 0 saturated carbocycles. The lowest BCUT2D eigenvalue weighted by Crippen LogP contribution is -2.60. The van der Waals surface area contributed by atoms with Crippen LogP contribution >= 0.6 is 0 Å². The van der Waals surface area contributed by atoms with Gasteiger partial charge in [0.2, 0.25) is 0 Å². The van der Waals surface area contributed by atoms with E-state index in [9.17, 15) is 0 Å². The first-order chi connectivity index (χ1) is 13.9. The van der Waals surface area contributed by atoms with E-state index in [0.29, 0.717) is 0 Å². The van der Waals surface area contributed by atoms with Crippen LogP contribution in [0.15, 0.2) is 71.9 Å². The Hall–Kier alpha value is -2.06. The summed E-state index contributed by atoms with van der Waals surface area (Å²) in [6.45, 7) is 11.2. The van der Waals surface area contributed by atoms with E-state index in [0.717, 1.165) is 6.42 Å². The van der Waals surface area contributed by atoms with Crippen LogP contribution in [-0.2, 0) is 11.2 Å². The summed E-state index contributed by atoms with van der Waals surface area (Å²) in [5, 5.41) is 0. The molecule has 1 saturated heterocycles. The molecule has 3 aliphatic rings. The van der Waals surface area contributed by atoms with Gasteiger partial charge in [-0.3, -0.25) is 0 Å². The monoisotopic (exact) mass is 389 g/mol. The molecular formula is C27H35NO. The summed E-state index contributed by atoms with van der Waals surface area (Å²) in [5.74, 6) is 0. The second-order valence-electron chi connectivity index (χ2n) is 9.72. The van der Waals surface area contributed by atoms with Crippen molar-refractivity contribution in [1.82, 2.24) is 0 Å². The quantitative estimate of drug-likeness (QED) is 0.591. The lowest BCUT2D eigenvalue weighted by atomic mass is 9.80. The summed E-state index contributed by atoms with van der Waals surface area (Å²) in [6, 6.07) is 9.68. The summed E-state index contributed by atoms with van der Waals surface area (Å²) in [7, 11) is 0. The summed E-state index contributed by atoms with van der Waals surface area (Å²) in [4.78, 5) is 2.56. The van der Waals surface area contributed by atoms with Gasteiger partial charge in [0.15, 0.2) is 0 Å². The largest absolute Gasteiger partial charge is 0.362 e. The topological polar surface area (TPSA) is 12.5 Å². The van der Waals surface area contributed by atoms with Crippen molar-refractivity contribution in [2.45, 2.75) is 78.2 Å². The van der Waals surface area contributed by atoms with Crippen molar-refractivity contribution in [3.63, 3.8) is 0 Å². The lowest BCUT2D eigenvalue weighted by Gasteiger charge is -2.50. The summed E-state index contributed by atoms with van der Waals surface area (Å²) >= 11 is 0. The number of morpholine rings is 1. The number of fused-ring (bicyclic) bond motifs is 2. The molecule has 154 valence electrons. The van der Waals surface area contributed by atoms with Gasteiger partial charge < -0.3 is 9.64 Å². The molecule has 0 N–H and O–H groups in total. The van der Waals surface area contributed by atoms with E-state index < -0.39 is 0 Å². The first kappa shape index (κ1) is 20.2. The highest BCUT2D eigenvalue weighted by atomic mass is 16.5. The zero-order chi connectivity index (χ0) is 20.6. The second kappa shape index (κ2) is 7.99. The highest BCUT2D eigenvalue weighted by Gasteiger charge is 2.42. The molecular weight excluding hydrogens is 354 g/mol. The number of rotatable bonds is 4. The van der Waals surface area contributed by atoms with Crippen molar-refractivity contribution in [3.05, 3.63) is 77.4 Å². The number of hydrogen-bond acceptors (Lipinski definition) is 2. The molecule has 4 rings (SSSR count).